The molecule has 12 nitrogen and oxygen atoms in total. The summed E-state index contributed by atoms with van der Waals surface area (Å²) in [5, 5.41) is 18.9. The van der Waals surface area contributed by atoms with E-state index in [0.717, 1.165) is 6.42 Å². The van der Waals surface area contributed by atoms with E-state index in [0.29, 0.717) is 25.2 Å². The number of rotatable bonds is 8. The van der Waals surface area contributed by atoms with E-state index < -0.39 is 46.6 Å². The van der Waals surface area contributed by atoms with Crippen molar-refractivity contribution in [3.8, 4) is 0 Å². The van der Waals surface area contributed by atoms with Crippen LogP contribution in [-0.4, -0.2) is 66.4 Å². The van der Waals surface area contributed by atoms with E-state index in [1.807, 2.05) is 0 Å². The fourth-order valence-corrected chi connectivity index (χ4v) is 4.63. The Kier molecular flexibility index (Phi) is 10.1. The van der Waals surface area contributed by atoms with Crippen LogP contribution in [-0.2, 0) is 32.6 Å². The lowest BCUT2D eigenvalue weighted by atomic mass is 9.96. The van der Waals surface area contributed by atoms with E-state index in [1.54, 1.807) is 16.7 Å². The van der Waals surface area contributed by atoms with Crippen LogP contribution in [0.4, 0.5) is 13.2 Å². The lowest BCUT2D eigenvalue weighted by Gasteiger charge is -2.25. The summed E-state index contributed by atoms with van der Waals surface area (Å²) in [5.41, 5.74) is 6.16. The van der Waals surface area contributed by atoms with E-state index in [4.69, 9.17) is 15.6 Å². The molecule has 1 aromatic carbocycles. The minimum atomic E-state index is -5.08. The van der Waals surface area contributed by atoms with E-state index in [-0.39, 0.29) is 21.9 Å². The van der Waals surface area contributed by atoms with Crippen LogP contribution in [0, 0.1) is 5.92 Å². The van der Waals surface area contributed by atoms with E-state index in [9.17, 15) is 41.1 Å². The number of carbonyl (C=O) groups is 3. The van der Waals surface area contributed by atoms with Crippen LogP contribution < -0.4 is 21.3 Å². The molecule has 208 valence electrons. The highest BCUT2D eigenvalue weighted by molar-refractivity contribution is 7.89. The largest absolute Gasteiger partial charge is 0.490 e. The second-order valence-corrected chi connectivity index (χ2v) is 9.88. The number of nitrogens with one attached hydrogen (secondary N) is 2. The number of sulfonamides is 1. The van der Waals surface area contributed by atoms with Crippen LogP contribution >= 0.6 is 0 Å². The summed E-state index contributed by atoms with van der Waals surface area (Å²) < 4.78 is 60.2. The van der Waals surface area contributed by atoms with Gasteiger partial charge in [-0.1, -0.05) is 18.2 Å². The molecule has 0 fully saturated rings. The van der Waals surface area contributed by atoms with Crippen molar-refractivity contribution in [3.63, 3.8) is 0 Å². The Morgan fingerprint density at radius 3 is 2.26 bits per heavy atom. The van der Waals surface area contributed by atoms with Crippen LogP contribution in [0.5, 0.6) is 0 Å². The Labute approximate surface area is 214 Å². The zero-order chi connectivity index (χ0) is 28.7. The van der Waals surface area contributed by atoms with Gasteiger partial charge in [-0.15, -0.1) is 0 Å². The highest BCUT2D eigenvalue weighted by Crippen LogP contribution is 2.18. The summed E-state index contributed by atoms with van der Waals surface area (Å²) in [5.74, 6) is -4.66. The molecule has 0 saturated carbocycles. The third kappa shape index (κ3) is 8.39. The molecule has 1 aliphatic rings. The van der Waals surface area contributed by atoms with Crippen molar-refractivity contribution in [1.29, 1.82) is 0 Å². The van der Waals surface area contributed by atoms with Gasteiger partial charge < -0.3 is 25.8 Å². The Bertz CT molecular complexity index is 1330. The van der Waals surface area contributed by atoms with E-state index in [1.165, 1.54) is 30.3 Å². The number of hydrogen-bond donors (Lipinski definition) is 5. The number of amides is 1. The Morgan fingerprint density at radius 2 is 1.74 bits per heavy atom. The number of fused-ring (bicyclic) bond motifs is 1. The first-order valence-electron chi connectivity index (χ1n) is 11.0. The molecule has 1 aromatic heterocycles. The van der Waals surface area contributed by atoms with Crippen molar-refractivity contribution in [1.82, 2.24) is 14.6 Å². The number of aryl methyl sites for hydroxylation is 1. The summed E-state index contributed by atoms with van der Waals surface area (Å²) in [6, 6.07) is 8.50. The number of carboxylic acid groups (broad SMARTS) is 2. The summed E-state index contributed by atoms with van der Waals surface area (Å²) in [7, 11) is -4.09. The number of nitrogens with two attached hydrogens (primary N) is 1. The molecule has 0 bridgehead atoms. The second kappa shape index (κ2) is 12.7. The highest BCUT2D eigenvalue weighted by Gasteiger charge is 2.38. The summed E-state index contributed by atoms with van der Waals surface area (Å²) in [6.07, 6.45) is -3.67. The molecule has 0 saturated heterocycles. The quantitative estimate of drug-likeness (QED) is 0.298. The first kappa shape index (κ1) is 30.5. The molecular formula is C22H25F3N4O8S. The summed E-state index contributed by atoms with van der Waals surface area (Å²) in [4.78, 5) is 45.2. The number of aliphatic carboxylic acids is 2. The smallest absolute Gasteiger partial charge is 0.480 e. The first-order chi connectivity index (χ1) is 17.7. The van der Waals surface area contributed by atoms with Gasteiger partial charge in [-0.05, 0) is 43.5 Å². The molecule has 2 aromatic rings. The maximum absolute atomic E-state index is 12.5. The van der Waals surface area contributed by atoms with Gasteiger partial charge in [0.1, 0.15) is 6.04 Å². The molecule has 38 heavy (non-hydrogen) atoms. The third-order valence-corrected chi connectivity index (χ3v) is 6.90. The maximum Gasteiger partial charge on any atom is 0.490 e. The minimum Gasteiger partial charge on any atom is -0.480 e. The standard InChI is InChI=1S/C20H24N4O6S.C2HF3O2/c21-10-13-6-7-15-8-14(9-18(25)24(15)12-13)19(26)22-11-17(20(27)28)23-31(29,30)16-4-2-1-3-5-16;3-2(4,5)1(6)7/h1-5,8-9,13,17,23H,6-7,10-12,21H2,(H,22,26)(H,27,28);(H,6,7)/t13-,17-;/m0./s1. The molecule has 0 spiro atoms. The van der Waals surface area contributed by atoms with E-state index in [2.05, 4.69) is 10.0 Å². The minimum absolute atomic E-state index is 0.0916. The normalized spacial score (nSPS) is 15.8. The third-order valence-electron chi connectivity index (χ3n) is 5.42. The van der Waals surface area contributed by atoms with Gasteiger partial charge in [-0.3, -0.25) is 14.4 Å². The van der Waals surface area contributed by atoms with Crippen LogP contribution in [0.3, 0.4) is 0 Å². The molecule has 0 unspecified atom stereocenters. The number of carboxylic acids is 2. The number of benzene rings is 1. The SMILES string of the molecule is NC[C@@H]1CCc2cc(C(=O)NC[C@H](NS(=O)(=O)c3ccccc3)C(=O)O)cc(=O)n2C1.O=C(O)C(F)(F)F. The Hall–Kier alpha value is -3.76. The van der Waals surface area contributed by atoms with Gasteiger partial charge in [0.05, 0.1) is 4.90 Å². The van der Waals surface area contributed by atoms with Crippen LogP contribution in [0.15, 0.2) is 52.2 Å². The van der Waals surface area contributed by atoms with Crippen molar-refractivity contribution in [2.75, 3.05) is 13.1 Å². The summed E-state index contributed by atoms with van der Waals surface area (Å²) in [6.45, 7) is 0.479. The predicted molar refractivity (Wildman–Crippen MR) is 126 cm³/mol. The second-order valence-electron chi connectivity index (χ2n) is 8.16. The fourth-order valence-electron chi connectivity index (χ4n) is 3.42. The molecule has 2 heterocycles. The highest BCUT2D eigenvalue weighted by atomic mass is 32.2. The van der Waals surface area contributed by atoms with Gasteiger partial charge in [0, 0.05) is 30.4 Å². The molecule has 3 rings (SSSR count). The fraction of sp³-hybridized carbons (Fsp3) is 0.364. The van der Waals surface area contributed by atoms with Gasteiger partial charge in [-0.25, -0.2) is 13.2 Å². The zero-order valence-electron chi connectivity index (χ0n) is 19.6. The van der Waals surface area contributed by atoms with Crippen molar-refractivity contribution in [2.24, 2.45) is 11.7 Å². The van der Waals surface area contributed by atoms with Crippen molar-refractivity contribution < 1.29 is 46.2 Å². The van der Waals surface area contributed by atoms with Crippen LogP contribution in [0.1, 0.15) is 22.5 Å². The Balaban J connectivity index is 0.000000638. The van der Waals surface area contributed by atoms with E-state index >= 15 is 0 Å². The van der Waals surface area contributed by atoms with Gasteiger partial charge in [0.15, 0.2) is 0 Å². The van der Waals surface area contributed by atoms with Crippen molar-refractivity contribution in [2.45, 2.75) is 36.5 Å². The van der Waals surface area contributed by atoms with Gasteiger partial charge >= 0.3 is 18.1 Å². The van der Waals surface area contributed by atoms with Crippen molar-refractivity contribution in [3.05, 3.63) is 64.1 Å². The number of carbonyl (C=O) groups excluding carboxylic acids is 1. The average Bonchev–Trinajstić information content (AvgIpc) is 2.86. The zero-order valence-corrected chi connectivity index (χ0v) is 20.5. The molecule has 16 heteroatoms. The van der Waals surface area contributed by atoms with Crippen molar-refractivity contribution >= 4 is 27.9 Å². The molecule has 1 aliphatic heterocycles. The number of halogens is 3. The molecule has 1 amide bonds. The first-order valence-corrected chi connectivity index (χ1v) is 12.5. The van der Waals surface area contributed by atoms with Gasteiger partial charge in [-0.2, -0.15) is 17.9 Å². The lowest BCUT2D eigenvalue weighted by molar-refractivity contribution is -0.192. The van der Waals surface area contributed by atoms with Gasteiger partial charge in [0.25, 0.3) is 11.5 Å². The molecule has 2 atom stereocenters. The monoisotopic (exact) mass is 562 g/mol. The number of alkyl halides is 3. The molecule has 6 N–H and O–H groups in total. The predicted octanol–water partition coefficient (Wildman–Crippen LogP) is 0.164. The number of hydrogen-bond acceptors (Lipinski definition) is 7. The number of pyridine rings is 1. The molecule has 0 aliphatic carbocycles. The Morgan fingerprint density at radius 1 is 1.13 bits per heavy atom. The average molecular weight is 563 g/mol. The lowest BCUT2D eigenvalue weighted by Crippen LogP contribution is -2.48. The van der Waals surface area contributed by atoms with Crippen LogP contribution in [0.25, 0.3) is 0 Å². The maximum atomic E-state index is 12.5. The number of aromatic nitrogens is 1. The number of nitrogens with zero attached hydrogens (tertiary/aromatic N) is 1. The van der Waals surface area contributed by atoms with Gasteiger partial charge in [0.2, 0.25) is 10.0 Å². The summed E-state index contributed by atoms with van der Waals surface area (Å²) >= 11 is 0. The van der Waals surface area contributed by atoms with Crippen LogP contribution in [0.2, 0.25) is 0 Å². The molecular weight excluding hydrogens is 537 g/mol. The molecule has 0 radical (unpaired) electrons. The topological polar surface area (TPSA) is 198 Å².